The summed E-state index contributed by atoms with van der Waals surface area (Å²) in [5, 5.41) is 3.63. The van der Waals surface area contributed by atoms with Crippen molar-refractivity contribution in [2.45, 2.75) is 58.5 Å². The van der Waals surface area contributed by atoms with Gasteiger partial charge in [0, 0.05) is 17.9 Å². The molecule has 1 aliphatic carbocycles. The van der Waals surface area contributed by atoms with E-state index in [1.54, 1.807) is 0 Å². The molecule has 0 aliphatic heterocycles. The lowest BCUT2D eigenvalue weighted by molar-refractivity contribution is 0.459. The topological polar surface area (TPSA) is 42.7 Å². The van der Waals surface area contributed by atoms with Gasteiger partial charge in [-0.25, -0.2) is 4.98 Å². The minimum absolute atomic E-state index is 0.574. The molecule has 2 aromatic heterocycles. The second-order valence-corrected chi connectivity index (χ2v) is 6.08. The summed E-state index contributed by atoms with van der Waals surface area (Å²) < 4.78 is 2.19. The highest BCUT2D eigenvalue weighted by molar-refractivity contribution is 5.31. The maximum absolute atomic E-state index is 4.65. The molecule has 0 amide bonds. The third-order valence-electron chi connectivity index (χ3n) is 4.11. The molecular formula is C17H24N4. The minimum atomic E-state index is 0.574. The minimum Gasteiger partial charge on any atom is -0.353 e. The number of anilines is 1. The normalized spacial score (nSPS) is 16.1. The van der Waals surface area contributed by atoms with E-state index >= 15 is 0 Å². The molecule has 0 atom stereocenters. The monoisotopic (exact) mass is 284 g/mol. The predicted molar refractivity (Wildman–Crippen MR) is 85.5 cm³/mol. The summed E-state index contributed by atoms with van der Waals surface area (Å²) >= 11 is 0. The Morgan fingerprint density at radius 3 is 2.67 bits per heavy atom. The number of aromatic nitrogens is 3. The molecule has 1 N–H and O–H groups in total. The SMILES string of the molecule is Cc1cccc(Cn2cc(C)nc2NC2CCCCC2)n1. The van der Waals surface area contributed by atoms with E-state index in [9.17, 15) is 0 Å². The van der Waals surface area contributed by atoms with Gasteiger partial charge in [-0.3, -0.25) is 4.98 Å². The number of hydrogen-bond acceptors (Lipinski definition) is 3. The standard InChI is InChI=1S/C17H24N4/c1-13-7-6-10-16(18-13)12-21-11-14(2)19-17(21)20-15-8-4-3-5-9-15/h6-7,10-11,15H,3-5,8-9,12H2,1-2H3,(H,19,20). The fraction of sp³-hybridized carbons (Fsp3) is 0.529. The van der Waals surface area contributed by atoms with Crippen molar-refractivity contribution in [1.82, 2.24) is 14.5 Å². The van der Waals surface area contributed by atoms with Crippen LogP contribution < -0.4 is 5.32 Å². The molecular weight excluding hydrogens is 260 g/mol. The first-order valence-electron chi connectivity index (χ1n) is 7.93. The van der Waals surface area contributed by atoms with Crippen molar-refractivity contribution in [1.29, 1.82) is 0 Å². The first-order valence-corrected chi connectivity index (χ1v) is 7.93. The van der Waals surface area contributed by atoms with Crippen LogP contribution >= 0.6 is 0 Å². The zero-order valence-electron chi connectivity index (χ0n) is 13.0. The molecule has 1 aliphatic rings. The van der Waals surface area contributed by atoms with E-state index in [1.807, 2.05) is 19.9 Å². The Morgan fingerprint density at radius 2 is 1.90 bits per heavy atom. The van der Waals surface area contributed by atoms with E-state index in [-0.39, 0.29) is 0 Å². The van der Waals surface area contributed by atoms with E-state index in [4.69, 9.17) is 0 Å². The van der Waals surface area contributed by atoms with Gasteiger partial charge < -0.3 is 9.88 Å². The van der Waals surface area contributed by atoms with E-state index in [0.717, 1.165) is 29.6 Å². The third-order valence-corrected chi connectivity index (χ3v) is 4.11. The number of imidazole rings is 1. The number of nitrogens with zero attached hydrogens (tertiary/aromatic N) is 3. The van der Waals surface area contributed by atoms with Gasteiger partial charge in [0.25, 0.3) is 0 Å². The fourth-order valence-corrected chi connectivity index (χ4v) is 3.07. The van der Waals surface area contributed by atoms with Crippen molar-refractivity contribution >= 4 is 5.95 Å². The maximum atomic E-state index is 4.65. The number of aryl methyl sites for hydroxylation is 2. The van der Waals surface area contributed by atoms with Gasteiger partial charge in [-0.05, 0) is 38.8 Å². The van der Waals surface area contributed by atoms with E-state index in [2.05, 4.69) is 38.2 Å². The highest BCUT2D eigenvalue weighted by Crippen LogP contribution is 2.21. The Hall–Kier alpha value is -1.84. The van der Waals surface area contributed by atoms with Crippen LogP contribution in [0.15, 0.2) is 24.4 Å². The molecule has 4 nitrogen and oxygen atoms in total. The number of rotatable bonds is 4. The predicted octanol–water partition coefficient (Wildman–Crippen LogP) is 3.69. The molecule has 4 heteroatoms. The molecule has 2 heterocycles. The lowest BCUT2D eigenvalue weighted by atomic mass is 9.96. The first-order chi connectivity index (χ1) is 10.2. The summed E-state index contributed by atoms with van der Waals surface area (Å²) in [5.74, 6) is 0.989. The Kier molecular flexibility index (Phi) is 4.23. The maximum Gasteiger partial charge on any atom is 0.203 e. The number of hydrogen-bond donors (Lipinski definition) is 1. The van der Waals surface area contributed by atoms with Crippen LogP contribution in [-0.2, 0) is 6.54 Å². The van der Waals surface area contributed by atoms with Crippen molar-refractivity contribution < 1.29 is 0 Å². The van der Waals surface area contributed by atoms with Gasteiger partial charge in [0.05, 0.1) is 17.9 Å². The molecule has 0 saturated heterocycles. The molecule has 0 aromatic carbocycles. The van der Waals surface area contributed by atoms with Crippen LogP contribution in [0.5, 0.6) is 0 Å². The summed E-state index contributed by atoms with van der Waals surface area (Å²) in [4.78, 5) is 9.24. The summed E-state index contributed by atoms with van der Waals surface area (Å²) in [5.41, 5.74) is 3.20. The Labute approximate surface area is 126 Å². The van der Waals surface area contributed by atoms with E-state index in [1.165, 1.54) is 32.1 Å². The van der Waals surface area contributed by atoms with Crippen molar-refractivity contribution in [3.63, 3.8) is 0 Å². The average molecular weight is 284 g/mol. The van der Waals surface area contributed by atoms with Crippen molar-refractivity contribution in [3.8, 4) is 0 Å². The zero-order valence-corrected chi connectivity index (χ0v) is 13.0. The van der Waals surface area contributed by atoms with E-state index in [0.29, 0.717) is 6.04 Å². The molecule has 21 heavy (non-hydrogen) atoms. The van der Waals surface area contributed by atoms with Crippen LogP contribution in [0.25, 0.3) is 0 Å². The molecule has 112 valence electrons. The van der Waals surface area contributed by atoms with Crippen LogP contribution in [0.1, 0.15) is 49.2 Å². The molecule has 3 rings (SSSR count). The second-order valence-electron chi connectivity index (χ2n) is 6.08. The molecule has 0 bridgehead atoms. The van der Waals surface area contributed by atoms with E-state index < -0.39 is 0 Å². The van der Waals surface area contributed by atoms with Gasteiger partial charge in [0.2, 0.25) is 5.95 Å². The van der Waals surface area contributed by atoms with Crippen LogP contribution in [0.4, 0.5) is 5.95 Å². The van der Waals surface area contributed by atoms with Crippen LogP contribution in [0, 0.1) is 13.8 Å². The Balaban J connectivity index is 1.75. The van der Waals surface area contributed by atoms with Gasteiger partial charge in [-0.2, -0.15) is 0 Å². The van der Waals surface area contributed by atoms with Crippen molar-refractivity contribution in [2.75, 3.05) is 5.32 Å². The van der Waals surface area contributed by atoms with Crippen LogP contribution in [0.3, 0.4) is 0 Å². The van der Waals surface area contributed by atoms with Crippen LogP contribution in [-0.4, -0.2) is 20.6 Å². The highest BCUT2D eigenvalue weighted by atomic mass is 15.2. The number of pyridine rings is 1. The van der Waals surface area contributed by atoms with Gasteiger partial charge in [0.1, 0.15) is 0 Å². The Morgan fingerprint density at radius 1 is 1.10 bits per heavy atom. The lowest BCUT2D eigenvalue weighted by Gasteiger charge is -2.23. The molecule has 0 spiro atoms. The van der Waals surface area contributed by atoms with Gasteiger partial charge >= 0.3 is 0 Å². The van der Waals surface area contributed by atoms with Crippen LogP contribution in [0.2, 0.25) is 0 Å². The largest absolute Gasteiger partial charge is 0.353 e. The summed E-state index contributed by atoms with van der Waals surface area (Å²) in [7, 11) is 0. The summed E-state index contributed by atoms with van der Waals surface area (Å²) in [6, 6.07) is 6.75. The van der Waals surface area contributed by atoms with Crippen molar-refractivity contribution in [3.05, 3.63) is 41.5 Å². The molecule has 2 aromatic rings. The average Bonchev–Trinajstić information content (AvgIpc) is 2.80. The smallest absolute Gasteiger partial charge is 0.203 e. The molecule has 0 unspecified atom stereocenters. The summed E-state index contributed by atoms with van der Waals surface area (Å²) in [6.07, 6.45) is 8.66. The lowest BCUT2D eigenvalue weighted by Crippen LogP contribution is -2.24. The first kappa shape index (κ1) is 14.1. The quantitative estimate of drug-likeness (QED) is 0.931. The molecule has 1 saturated carbocycles. The third kappa shape index (κ3) is 3.63. The van der Waals surface area contributed by atoms with Gasteiger partial charge in [-0.15, -0.1) is 0 Å². The van der Waals surface area contributed by atoms with Gasteiger partial charge in [-0.1, -0.05) is 25.3 Å². The zero-order chi connectivity index (χ0) is 14.7. The molecule has 0 radical (unpaired) electrons. The number of nitrogens with one attached hydrogen (secondary N) is 1. The fourth-order valence-electron chi connectivity index (χ4n) is 3.07. The van der Waals surface area contributed by atoms with Gasteiger partial charge in [0.15, 0.2) is 0 Å². The highest BCUT2D eigenvalue weighted by Gasteiger charge is 2.16. The molecule has 1 fully saturated rings. The Bertz CT molecular complexity index is 597. The van der Waals surface area contributed by atoms with Crippen molar-refractivity contribution in [2.24, 2.45) is 0 Å². The second kappa shape index (κ2) is 6.29. The summed E-state index contributed by atoms with van der Waals surface area (Å²) in [6.45, 7) is 4.85.